The highest BCUT2D eigenvalue weighted by Crippen LogP contribution is 2.36. The number of rotatable bonds is 3. The van der Waals surface area contributed by atoms with Crippen LogP contribution in [0, 0.1) is 5.92 Å². The predicted octanol–water partition coefficient (Wildman–Crippen LogP) is 2.23. The Labute approximate surface area is 122 Å². The van der Waals surface area contributed by atoms with Crippen molar-refractivity contribution in [3.63, 3.8) is 0 Å². The van der Waals surface area contributed by atoms with Crippen LogP contribution in [-0.2, 0) is 9.59 Å². The molecule has 4 nitrogen and oxygen atoms in total. The Hall–Kier alpha value is -1.27. The first-order valence-corrected chi connectivity index (χ1v) is 7.36. The molecule has 1 atom stereocenters. The molecule has 1 aliphatic heterocycles. The first-order valence-electron chi connectivity index (χ1n) is 7.36. The molecular formula is C14H21F3N2O2. The van der Waals surface area contributed by atoms with Crippen molar-refractivity contribution in [3.8, 4) is 0 Å². The molecule has 0 bridgehead atoms. The highest BCUT2D eigenvalue weighted by atomic mass is 19.4. The lowest BCUT2D eigenvalue weighted by molar-refractivity contribution is -0.164. The van der Waals surface area contributed by atoms with Crippen molar-refractivity contribution >= 4 is 11.8 Å². The lowest BCUT2D eigenvalue weighted by Gasteiger charge is -2.46. The van der Waals surface area contributed by atoms with E-state index in [0.29, 0.717) is 12.8 Å². The molecule has 1 aliphatic carbocycles. The third-order valence-electron chi connectivity index (χ3n) is 4.36. The molecule has 2 rings (SSSR count). The summed E-state index contributed by atoms with van der Waals surface area (Å²) in [5.74, 6) is -0.892. The molecule has 1 saturated carbocycles. The minimum Gasteiger partial charge on any atom is -0.340 e. The minimum atomic E-state index is -4.33. The van der Waals surface area contributed by atoms with Crippen molar-refractivity contribution < 1.29 is 22.8 Å². The summed E-state index contributed by atoms with van der Waals surface area (Å²) in [6.07, 6.45) is -2.75. The lowest BCUT2D eigenvalue weighted by Crippen LogP contribution is -2.70. The number of halogens is 3. The van der Waals surface area contributed by atoms with Crippen molar-refractivity contribution in [2.45, 2.75) is 63.7 Å². The van der Waals surface area contributed by atoms with Crippen LogP contribution < -0.4 is 5.32 Å². The van der Waals surface area contributed by atoms with Crippen molar-refractivity contribution in [2.75, 3.05) is 6.54 Å². The van der Waals surface area contributed by atoms with Gasteiger partial charge in [0, 0.05) is 6.54 Å². The van der Waals surface area contributed by atoms with E-state index in [2.05, 4.69) is 5.32 Å². The molecule has 21 heavy (non-hydrogen) atoms. The normalized spacial score (nSPS) is 25.8. The van der Waals surface area contributed by atoms with Gasteiger partial charge >= 0.3 is 6.18 Å². The van der Waals surface area contributed by atoms with Gasteiger partial charge in [0.1, 0.15) is 11.6 Å². The maximum absolute atomic E-state index is 12.7. The molecule has 1 N–H and O–H groups in total. The zero-order valence-electron chi connectivity index (χ0n) is 12.3. The molecule has 2 fully saturated rings. The second-order valence-electron chi connectivity index (χ2n) is 6.33. The number of alkyl halides is 3. The molecule has 1 heterocycles. The number of carbonyl (C=O) groups excluding carboxylic acids is 2. The van der Waals surface area contributed by atoms with Crippen LogP contribution in [0.1, 0.15) is 46.0 Å². The van der Waals surface area contributed by atoms with Crippen molar-refractivity contribution in [1.29, 1.82) is 0 Å². The fourth-order valence-electron chi connectivity index (χ4n) is 3.37. The number of hydrogen-bond donors (Lipinski definition) is 1. The van der Waals surface area contributed by atoms with E-state index in [0.717, 1.165) is 17.7 Å². The molecule has 0 aromatic carbocycles. The van der Waals surface area contributed by atoms with Gasteiger partial charge in [-0.05, 0) is 18.8 Å². The highest BCUT2D eigenvalue weighted by Gasteiger charge is 2.52. The topological polar surface area (TPSA) is 49.4 Å². The summed E-state index contributed by atoms with van der Waals surface area (Å²) in [5, 5.41) is 2.79. The zero-order valence-corrected chi connectivity index (χ0v) is 12.3. The van der Waals surface area contributed by atoms with Crippen molar-refractivity contribution in [2.24, 2.45) is 5.92 Å². The van der Waals surface area contributed by atoms with Crippen molar-refractivity contribution in [3.05, 3.63) is 0 Å². The van der Waals surface area contributed by atoms with Crippen molar-refractivity contribution in [1.82, 2.24) is 10.2 Å². The third kappa shape index (κ3) is 3.16. The summed E-state index contributed by atoms with van der Waals surface area (Å²) in [6, 6.07) is -0.814. The Balaban J connectivity index is 2.24. The zero-order chi connectivity index (χ0) is 15.8. The van der Waals surface area contributed by atoms with Crippen LogP contribution in [0.3, 0.4) is 0 Å². The van der Waals surface area contributed by atoms with E-state index in [-0.39, 0.29) is 17.7 Å². The van der Waals surface area contributed by atoms with Gasteiger partial charge in [0.15, 0.2) is 0 Å². The van der Waals surface area contributed by atoms with Gasteiger partial charge in [-0.2, -0.15) is 13.2 Å². The average molecular weight is 306 g/mol. The van der Waals surface area contributed by atoms with E-state index >= 15 is 0 Å². The van der Waals surface area contributed by atoms with Gasteiger partial charge in [-0.1, -0.05) is 26.7 Å². The average Bonchev–Trinajstić information content (AvgIpc) is 2.79. The summed E-state index contributed by atoms with van der Waals surface area (Å²) in [4.78, 5) is 26.1. The second kappa shape index (κ2) is 5.50. The Morgan fingerprint density at radius 1 is 1.29 bits per heavy atom. The van der Waals surface area contributed by atoms with E-state index in [1.165, 1.54) is 0 Å². The van der Waals surface area contributed by atoms with Crippen LogP contribution in [0.5, 0.6) is 0 Å². The smallest absolute Gasteiger partial charge is 0.340 e. The first kappa shape index (κ1) is 16.1. The molecule has 2 aliphatic rings. The second-order valence-corrected chi connectivity index (χ2v) is 6.33. The Bertz CT molecular complexity index is 428. The van der Waals surface area contributed by atoms with Gasteiger partial charge in [0.25, 0.3) is 0 Å². The van der Waals surface area contributed by atoms with E-state index in [4.69, 9.17) is 0 Å². The number of nitrogens with zero attached hydrogens (tertiary/aromatic N) is 1. The quantitative estimate of drug-likeness (QED) is 0.869. The van der Waals surface area contributed by atoms with Gasteiger partial charge in [-0.3, -0.25) is 9.59 Å². The Morgan fingerprint density at radius 3 is 2.33 bits per heavy atom. The van der Waals surface area contributed by atoms with Crippen LogP contribution in [-0.4, -0.2) is 41.0 Å². The van der Waals surface area contributed by atoms with Gasteiger partial charge in [0.05, 0.1) is 6.42 Å². The fourth-order valence-corrected chi connectivity index (χ4v) is 3.37. The van der Waals surface area contributed by atoms with Crippen LogP contribution in [0.15, 0.2) is 0 Å². The maximum Gasteiger partial charge on any atom is 0.390 e. The highest BCUT2D eigenvalue weighted by molar-refractivity contribution is 6.00. The van der Waals surface area contributed by atoms with E-state index in [1.54, 1.807) is 13.8 Å². The number of piperazine rings is 1. The van der Waals surface area contributed by atoms with Gasteiger partial charge < -0.3 is 10.2 Å². The Kier molecular flexibility index (Phi) is 4.22. The molecular weight excluding hydrogens is 285 g/mol. The molecule has 0 radical (unpaired) electrons. The molecule has 1 saturated heterocycles. The van der Waals surface area contributed by atoms with E-state index in [1.807, 2.05) is 0 Å². The summed E-state index contributed by atoms with van der Waals surface area (Å²) in [6.45, 7) is 3.04. The largest absolute Gasteiger partial charge is 0.390 e. The van der Waals surface area contributed by atoms with Gasteiger partial charge in [0.2, 0.25) is 11.8 Å². The van der Waals surface area contributed by atoms with Gasteiger partial charge in [-0.25, -0.2) is 0 Å². The monoisotopic (exact) mass is 306 g/mol. The standard InChI is InChI=1S/C14H21F3N2O2/c1-9(2)10-11(20)18-13(5-3-4-6-13)12(21)19(10)8-7-14(15,16)17/h9-10H,3-8H2,1-2H3,(H,18,20). The fraction of sp³-hybridized carbons (Fsp3) is 0.857. The summed E-state index contributed by atoms with van der Waals surface area (Å²) in [5.41, 5.74) is -0.964. The number of carbonyl (C=O) groups is 2. The van der Waals surface area contributed by atoms with Gasteiger partial charge in [-0.15, -0.1) is 0 Å². The molecule has 120 valence electrons. The minimum absolute atomic E-state index is 0.221. The number of amides is 2. The summed E-state index contributed by atoms with van der Waals surface area (Å²) in [7, 11) is 0. The molecule has 1 spiro atoms. The predicted molar refractivity (Wildman–Crippen MR) is 70.4 cm³/mol. The van der Waals surface area contributed by atoms with Crippen LogP contribution >= 0.6 is 0 Å². The molecule has 1 unspecified atom stereocenters. The summed E-state index contributed by atoms with van der Waals surface area (Å²) < 4.78 is 37.5. The van der Waals surface area contributed by atoms with Crippen LogP contribution in [0.4, 0.5) is 13.2 Å². The van der Waals surface area contributed by atoms with E-state index < -0.39 is 30.7 Å². The van der Waals surface area contributed by atoms with Crippen LogP contribution in [0.2, 0.25) is 0 Å². The molecule has 0 aromatic rings. The maximum atomic E-state index is 12.7. The molecule has 7 heteroatoms. The third-order valence-corrected chi connectivity index (χ3v) is 4.36. The molecule has 0 aromatic heterocycles. The SMILES string of the molecule is CC(C)C1C(=O)NC2(CCCC2)C(=O)N1CCC(F)(F)F. The number of nitrogens with one attached hydrogen (secondary N) is 1. The molecule has 2 amide bonds. The number of hydrogen-bond acceptors (Lipinski definition) is 2. The lowest BCUT2D eigenvalue weighted by atomic mass is 9.87. The van der Waals surface area contributed by atoms with E-state index in [9.17, 15) is 22.8 Å². The van der Waals surface area contributed by atoms with Crippen LogP contribution in [0.25, 0.3) is 0 Å². The Morgan fingerprint density at radius 2 is 1.86 bits per heavy atom. The summed E-state index contributed by atoms with van der Waals surface area (Å²) >= 11 is 0. The first-order chi connectivity index (χ1) is 9.66.